The monoisotopic (exact) mass is 212 g/mol. The van der Waals surface area contributed by atoms with Gasteiger partial charge >= 0.3 is 0 Å². The van der Waals surface area contributed by atoms with Crippen LogP contribution >= 0.6 is 0 Å². The van der Waals surface area contributed by atoms with Gasteiger partial charge in [-0.2, -0.15) is 0 Å². The Balaban J connectivity index is 1.97. The SMILES string of the molecule is CC1CCC(C(CN)N2CCCC2C)O1. The van der Waals surface area contributed by atoms with Gasteiger partial charge in [0.2, 0.25) is 0 Å². The van der Waals surface area contributed by atoms with Gasteiger partial charge in [-0.15, -0.1) is 0 Å². The van der Waals surface area contributed by atoms with Crippen LogP contribution in [0, 0.1) is 0 Å². The van der Waals surface area contributed by atoms with E-state index in [0.717, 1.165) is 6.54 Å². The first-order chi connectivity index (χ1) is 7.22. The first-order valence-corrected chi connectivity index (χ1v) is 6.33. The van der Waals surface area contributed by atoms with Gasteiger partial charge in [0.25, 0.3) is 0 Å². The van der Waals surface area contributed by atoms with Crippen LogP contribution in [0.3, 0.4) is 0 Å². The molecular weight excluding hydrogens is 188 g/mol. The zero-order valence-electron chi connectivity index (χ0n) is 9.98. The Morgan fingerprint density at radius 1 is 1.33 bits per heavy atom. The second-order valence-electron chi connectivity index (χ2n) is 5.09. The number of ether oxygens (including phenoxy) is 1. The molecule has 4 atom stereocenters. The molecule has 0 aromatic heterocycles. The van der Waals surface area contributed by atoms with Crippen LogP contribution in [0.4, 0.5) is 0 Å². The molecule has 2 N–H and O–H groups in total. The number of hydrogen-bond acceptors (Lipinski definition) is 3. The van der Waals surface area contributed by atoms with Gasteiger partial charge in [0.05, 0.1) is 12.2 Å². The van der Waals surface area contributed by atoms with Crippen molar-refractivity contribution in [2.45, 2.75) is 63.8 Å². The van der Waals surface area contributed by atoms with Gasteiger partial charge in [-0.25, -0.2) is 0 Å². The van der Waals surface area contributed by atoms with Crippen LogP contribution in [0.25, 0.3) is 0 Å². The fourth-order valence-corrected chi connectivity index (χ4v) is 3.07. The Bertz CT molecular complexity index is 210. The molecule has 88 valence electrons. The topological polar surface area (TPSA) is 38.5 Å². The second-order valence-corrected chi connectivity index (χ2v) is 5.09. The van der Waals surface area contributed by atoms with Crippen molar-refractivity contribution in [2.75, 3.05) is 13.1 Å². The minimum atomic E-state index is 0.380. The summed E-state index contributed by atoms with van der Waals surface area (Å²) in [7, 11) is 0. The predicted octanol–water partition coefficient (Wildman–Crippen LogP) is 1.37. The average Bonchev–Trinajstić information content (AvgIpc) is 2.79. The second kappa shape index (κ2) is 4.81. The number of nitrogens with zero attached hydrogens (tertiary/aromatic N) is 1. The summed E-state index contributed by atoms with van der Waals surface area (Å²) in [6.07, 6.45) is 5.83. The van der Waals surface area contributed by atoms with Crippen LogP contribution in [0.15, 0.2) is 0 Å². The third-order valence-corrected chi connectivity index (χ3v) is 3.97. The highest BCUT2D eigenvalue weighted by Gasteiger charge is 2.36. The highest BCUT2D eigenvalue weighted by atomic mass is 16.5. The Kier molecular flexibility index (Phi) is 3.65. The van der Waals surface area contributed by atoms with Gasteiger partial charge in [0.1, 0.15) is 0 Å². The molecule has 0 bridgehead atoms. The molecule has 2 rings (SSSR count). The standard InChI is InChI=1S/C12H24N2O/c1-9-4-3-7-14(9)11(8-13)12-6-5-10(2)15-12/h9-12H,3-8,13H2,1-2H3. The molecule has 0 aliphatic carbocycles. The molecule has 0 aromatic rings. The lowest BCUT2D eigenvalue weighted by atomic mass is 10.1. The van der Waals surface area contributed by atoms with E-state index in [1.807, 2.05) is 0 Å². The van der Waals surface area contributed by atoms with E-state index in [1.165, 1.54) is 32.2 Å². The van der Waals surface area contributed by atoms with Crippen molar-refractivity contribution in [1.82, 2.24) is 4.90 Å². The van der Waals surface area contributed by atoms with Gasteiger partial charge in [-0.3, -0.25) is 4.90 Å². The summed E-state index contributed by atoms with van der Waals surface area (Å²) < 4.78 is 5.95. The van der Waals surface area contributed by atoms with Crippen molar-refractivity contribution >= 4 is 0 Å². The van der Waals surface area contributed by atoms with E-state index in [4.69, 9.17) is 10.5 Å². The summed E-state index contributed by atoms with van der Waals surface area (Å²) in [6, 6.07) is 1.14. The molecule has 2 heterocycles. The van der Waals surface area contributed by atoms with Crippen molar-refractivity contribution in [3.05, 3.63) is 0 Å². The fourth-order valence-electron chi connectivity index (χ4n) is 3.07. The zero-order valence-corrected chi connectivity index (χ0v) is 9.98. The van der Waals surface area contributed by atoms with Gasteiger partial charge in [0, 0.05) is 18.6 Å². The highest BCUT2D eigenvalue weighted by Crippen LogP contribution is 2.28. The summed E-state index contributed by atoms with van der Waals surface area (Å²) >= 11 is 0. The van der Waals surface area contributed by atoms with Crippen LogP contribution < -0.4 is 5.73 Å². The normalized spacial score (nSPS) is 39.8. The quantitative estimate of drug-likeness (QED) is 0.768. The van der Waals surface area contributed by atoms with Crippen LogP contribution in [0.2, 0.25) is 0 Å². The number of nitrogens with two attached hydrogens (primary N) is 1. The molecule has 0 saturated carbocycles. The average molecular weight is 212 g/mol. The van der Waals surface area contributed by atoms with Gasteiger partial charge in [-0.05, 0) is 46.1 Å². The summed E-state index contributed by atoms with van der Waals surface area (Å²) in [6.45, 7) is 6.42. The smallest absolute Gasteiger partial charge is 0.0747 e. The fraction of sp³-hybridized carbons (Fsp3) is 1.00. The van der Waals surface area contributed by atoms with Crippen LogP contribution in [-0.2, 0) is 4.74 Å². The molecule has 0 spiro atoms. The molecule has 0 radical (unpaired) electrons. The Morgan fingerprint density at radius 3 is 2.60 bits per heavy atom. The molecule has 0 amide bonds. The number of rotatable bonds is 3. The molecule has 3 heteroatoms. The number of likely N-dealkylation sites (tertiary alicyclic amines) is 1. The van der Waals surface area contributed by atoms with Crippen molar-refractivity contribution in [3.63, 3.8) is 0 Å². The van der Waals surface area contributed by atoms with E-state index in [1.54, 1.807) is 0 Å². The van der Waals surface area contributed by atoms with E-state index in [2.05, 4.69) is 18.7 Å². The third-order valence-electron chi connectivity index (χ3n) is 3.97. The van der Waals surface area contributed by atoms with Gasteiger partial charge in [0.15, 0.2) is 0 Å². The molecule has 0 aromatic carbocycles. The minimum absolute atomic E-state index is 0.380. The van der Waals surface area contributed by atoms with Crippen LogP contribution in [0.5, 0.6) is 0 Å². The molecule has 2 fully saturated rings. The maximum Gasteiger partial charge on any atom is 0.0747 e. The van der Waals surface area contributed by atoms with Gasteiger partial charge in [-0.1, -0.05) is 0 Å². The highest BCUT2D eigenvalue weighted by molar-refractivity contribution is 4.90. The summed E-state index contributed by atoms with van der Waals surface area (Å²) in [5.74, 6) is 0. The Labute approximate surface area is 93.0 Å². The van der Waals surface area contributed by atoms with E-state index in [-0.39, 0.29) is 0 Å². The van der Waals surface area contributed by atoms with Crippen LogP contribution in [0.1, 0.15) is 39.5 Å². The molecule has 15 heavy (non-hydrogen) atoms. The van der Waals surface area contributed by atoms with E-state index in [0.29, 0.717) is 24.3 Å². The molecule has 2 saturated heterocycles. The summed E-state index contributed by atoms with van der Waals surface area (Å²) in [5, 5.41) is 0. The third kappa shape index (κ3) is 2.35. The molecular formula is C12H24N2O. The van der Waals surface area contributed by atoms with Gasteiger partial charge < -0.3 is 10.5 Å². The Morgan fingerprint density at radius 2 is 2.13 bits per heavy atom. The largest absolute Gasteiger partial charge is 0.374 e. The first-order valence-electron chi connectivity index (χ1n) is 6.33. The lowest BCUT2D eigenvalue weighted by Gasteiger charge is -2.34. The van der Waals surface area contributed by atoms with Crippen LogP contribution in [-0.4, -0.2) is 42.3 Å². The van der Waals surface area contributed by atoms with Crippen molar-refractivity contribution < 1.29 is 4.74 Å². The maximum atomic E-state index is 5.95. The van der Waals surface area contributed by atoms with Crippen molar-refractivity contribution in [2.24, 2.45) is 5.73 Å². The maximum absolute atomic E-state index is 5.95. The lowest BCUT2D eigenvalue weighted by molar-refractivity contribution is -0.00634. The summed E-state index contributed by atoms with van der Waals surface area (Å²) in [5.41, 5.74) is 5.92. The Hall–Kier alpha value is -0.120. The van der Waals surface area contributed by atoms with Crippen molar-refractivity contribution in [3.8, 4) is 0 Å². The van der Waals surface area contributed by atoms with E-state index >= 15 is 0 Å². The first kappa shape index (κ1) is 11.4. The van der Waals surface area contributed by atoms with Crippen molar-refractivity contribution in [1.29, 1.82) is 0 Å². The zero-order chi connectivity index (χ0) is 10.8. The minimum Gasteiger partial charge on any atom is -0.374 e. The molecule has 2 aliphatic rings. The van der Waals surface area contributed by atoms with E-state index in [9.17, 15) is 0 Å². The number of hydrogen-bond donors (Lipinski definition) is 1. The lowest BCUT2D eigenvalue weighted by Crippen LogP contribution is -2.49. The molecule has 2 aliphatic heterocycles. The summed E-state index contributed by atoms with van der Waals surface area (Å²) in [4.78, 5) is 2.56. The molecule has 4 unspecified atom stereocenters. The predicted molar refractivity (Wildman–Crippen MR) is 61.8 cm³/mol. The molecule has 3 nitrogen and oxygen atoms in total. The van der Waals surface area contributed by atoms with E-state index < -0.39 is 0 Å².